The maximum atomic E-state index is 13.5. The summed E-state index contributed by atoms with van der Waals surface area (Å²) < 4.78 is 18.3. The molecule has 0 radical (unpaired) electrons. The van der Waals surface area contributed by atoms with Gasteiger partial charge in [-0.15, -0.1) is 0 Å². The predicted octanol–water partition coefficient (Wildman–Crippen LogP) is 1.46. The van der Waals surface area contributed by atoms with Gasteiger partial charge in [-0.1, -0.05) is 22.8 Å². The fourth-order valence-electron chi connectivity index (χ4n) is 1.61. The number of carbonyl (C=O) groups is 2. The first-order chi connectivity index (χ1) is 9.88. The van der Waals surface area contributed by atoms with Crippen LogP contribution in [0.3, 0.4) is 0 Å². The summed E-state index contributed by atoms with van der Waals surface area (Å²) in [5.41, 5.74) is 0.229. The summed E-state index contributed by atoms with van der Waals surface area (Å²) in [5.74, 6) is -3.46. The third kappa shape index (κ3) is 3.34. The summed E-state index contributed by atoms with van der Waals surface area (Å²) in [6.07, 6.45) is 0. The third-order valence-electron chi connectivity index (χ3n) is 2.55. The molecule has 0 aliphatic carbocycles. The van der Waals surface area contributed by atoms with Crippen LogP contribution in [0.1, 0.15) is 23.3 Å². The molecule has 110 valence electrons. The van der Waals surface area contributed by atoms with Crippen molar-refractivity contribution in [2.24, 2.45) is 0 Å². The lowest BCUT2D eigenvalue weighted by Gasteiger charge is -2.14. The van der Waals surface area contributed by atoms with E-state index in [9.17, 15) is 14.0 Å². The van der Waals surface area contributed by atoms with E-state index in [1.54, 1.807) is 0 Å². The Balaban J connectivity index is 2.42. The van der Waals surface area contributed by atoms with Crippen LogP contribution in [0, 0.1) is 12.7 Å². The number of carbonyl (C=O) groups excluding carboxylic acids is 1. The van der Waals surface area contributed by atoms with Crippen LogP contribution >= 0.6 is 11.6 Å². The molecule has 1 heterocycles. The molecule has 1 aromatic heterocycles. The minimum atomic E-state index is -1.69. The molecule has 0 spiro atoms. The van der Waals surface area contributed by atoms with Crippen LogP contribution in [0.15, 0.2) is 22.7 Å². The fourth-order valence-corrected chi connectivity index (χ4v) is 1.73. The van der Waals surface area contributed by atoms with E-state index in [1.165, 1.54) is 19.1 Å². The third-order valence-corrected chi connectivity index (χ3v) is 2.85. The summed E-state index contributed by atoms with van der Waals surface area (Å²) in [6.45, 7) is 1.52. The van der Waals surface area contributed by atoms with Crippen molar-refractivity contribution < 1.29 is 23.6 Å². The molecule has 0 aliphatic heterocycles. The zero-order chi connectivity index (χ0) is 15.6. The lowest BCUT2D eigenvalue weighted by atomic mass is 10.1. The predicted molar refractivity (Wildman–Crippen MR) is 68.1 cm³/mol. The van der Waals surface area contributed by atoms with Gasteiger partial charge < -0.3 is 14.9 Å². The average Bonchev–Trinajstić information content (AvgIpc) is 2.85. The molecule has 1 aromatic carbocycles. The number of hydrogen-bond donors (Lipinski definition) is 2. The number of benzene rings is 1. The van der Waals surface area contributed by atoms with Crippen LogP contribution in [0.25, 0.3) is 0 Å². The molecule has 2 rings (SSSR count). The van der Waals surface area contributed by atoms with Crippen molar-refractivity contribution in [1.82, 2.24) is 15.5 Å². The van der Waals surface area contributed by atoms with E-state index < -0.39 is 23.7 Å². The van der Waals surface area contributed by atoms with E-state index in [1.807, 2.05) is 0 Å². The molecule has 0 fully saturated rings. The number of rotatable bonds is 3. The summed E-state index contributed by atoms with van der Waals surface area (Å²) in [4.78, 5) is 25.9. The van der Waals surface area contributed by atoms with Crippen LogP contribution in [0.4, 0.5) is 4.39 Å². The van der Waals surface area contributed by atoms with Gasteiger partial charge in [-0.3, -0.25) is 4.79 Å². The first kappa shape index (κ1) is 14.9. The molecule has 0 saturated heterocycles. The highest BCUT2D eigenvalue weighted by Gasteiger charge is 2.25. The number of aryl methyl sites for hydroxylation is 1. The molecule has 2 N–H and O–H groups in total. The van der Waals surface area contributed by atoms with Gasteiger partial charge in [-0.05, 0) is 17.7 Å². The van der Waals surface area contributed by atoms with E-state index >= 15 is 0 Å². The Morgan fingerprint density at radius 3 is 2.71 bits per heavy atom. The summed E-state index contributed by atoms with van der Waals surface area (Å²) >= 11 is 5.59. The highest BCUT2D eigenvalue weighted by molar-refractivity contribution is 6.31. The van der Waals surface area contributed by atoms with Crippen molar-refractivity contribution in [2.45, 2.75) is 13.0 Å². The minimum absolute atomic E-state index is 0.00354. The van der Waals surface area contributed by atoms with Gasteiger partial charge in [0.1, 0.15) is 11.9 Å². The largest absolute Gasteiger partial charge is 0.474 e. The van der Waals surface area contributed by atoms with Crippen molar-refractivity contribution >= 4 is 23.5 Å². The van der Waals surface area contributed by atoms with E-state index in [-0.39, 0.29) is 22.3 Å². The second-order valence-corrected chi connectivity index (χ2v) is 4.46. The van der Waals surface area contributed by atoms with Crippen LogP contribution < -0.4 is 5.32 Å². The smallest absolute Gasteiger partial charge is 0.394 e. The second-order valence-electron chi connectivity index (χ2n) is 4.06. The van der Waals surface area contributed by atoms with Gasteiger partial charge in [0.05, 0.1) is 5.02 Å². The Bertz CT molecular complexity index is 704. The Hall–Kier alpha value is -2.48. The molecule has 0 aliphatic rings. The number of carboxylic acid groups (broad SMARTS) is 1. The molecule has 0 saturated carbocycles. The Morgan fingerprint density at radius 1 is 1.48 bits per heavy atom. The molecule has 21 heavy (non-hydrogen) atoms. The summed E-state index contributed by atoms with van der Waals surface area (Å²) in [6, 6.07) is 2.68. The topological polar surface area (TPSA) is 105 Å². The van der Waals surface area contributed by atoms with Crippen LogP contribution in [-0.2, 0) is 9.59 Å². The number of halogens is 2. The Labute approximate surface area is 122 Å². The minimum Gasteiger partial charge on any atom is -0.474 e. The molecule has 1 amide bonds. The van der Waals surface area contributed by atoms with Gasteiger partial charge >= 0.3 is 11.9 Å². The van der Waals surface area contributed by atoms with E-state index in [0.29, 0.717) is 0 Å². The molecule has 1 unspecified atom stereocenters. The van der Waals surface area contributed by atoms with Gasteiger partial charge in [0.15, 0.2) is 5.82 Å². The number of nitrogens with zero attached hydrogens (tertiary/aromatic N) is 2. The zero-order valence-electron chi connectivity index (χ0n) is 10.6. The molecule has 7 nitrogen and oxygen atoms in total. The molecule has 0 bridgehead atoms. The van der Waals surface area contributed by atoms with Gasteiger partial charge in [0, 0.05) is 6.92 Å². The monoisotopic (exact) mass is 313 g/mol. The first-order valence-electron chi connectivity index (χ1n) is 5.67. The Kier molecular flexibility index (Phi) is 4.18. The van der Waals surface area contributed by atoms with E-state index in [2.05, 4.69) is 15.5 Å². The molecule has 1 atom stereocenters. The number of amides is 1. The zero-order valence-corrected chi connectivity index (χ0v) is 11.4. The number of aromatic nitrogens is 2. The standard InChI is InChI=1S/C12H9ClFN3O4/c1-5-15-10(17-21-5)9(16-11(18)12(19)20)6-2-3-7(13)8(14)4-6/h2-4,9H,1H3,(H,16,18)(H,19,20). The van der Waals surface area contributed by atoms with Gasteiger partial charge in [0.25, 0.3) is 0 Å². The maximum absolute atomic E-state index is 13.5. The van der Waals surface area contributed by atoms with Crippen molar-refractivity contribution in [3.05, 3.63) is 46.3 Å². The summed E-state index contributed by atoms with van der Waals surface area (Å²) in [7, 11) is 0. The number of nitrogens with one attached hydrogen (secondary N) is 1. The highest BCUT2D eigenvalue weighted by Crippen LogP contribution is 2.24. The molecule has 2 aromatic rings. The van der Waals surface area contributed by atoms with Gasteiger partial charge in [-0.25, -0.2) is 9.18 Å². The van der Waals surface area contributed by atoms with Crippen LogP contribution in [0.2, 0.25) is 5.02 Å². The fraction of sp³-hybridized carbons (Fsp3) is 0.167. The van der Waals surface area contributed by atoms with Gasteiger partial charge in [-0.2, -0.15) is 4.98 Å². The maximum Gasteiger partial charge on any atom is 0.394 e. The average molecular weight is 314 g/mol. The number of carboxylic acids is 1. The van der Waals surface area contributed by atoms with Crippen LogP contribution in [0.5, 0.6) is 0 Å². The normalized spacial score (nSPS) is 12.0. The van der Waals surface area contributed by atoms with Gasteiger partial charge in [0.2, 0.25) is 5.89 Å². The lowest BCUT2D eigenvalue weighted by molar-refractivity contribution is -0.150. The van der Waals surface area contributed by atoms with Crippen molar-refractivity contribution in [3.8, 4) is 0 Å². The quantitative estimate of drug-likeness (QED) is 0.831. The summed E-state index contributed by atoms with van der Waals surface area (Å²) in [5, 5.41) is 14.3. The van der Waals surface area contributed by atoms with Crippen molar-refractivity contribution in [2.75, 3.05) is 0 Å². The Morgan fingerprint density at radius 2 is 2.19 bits per heavy atom. The van der Waals surface area contributed by atoms with Crippen molar-refractivity contribution in [1.29, 1.82) is 0 Å². The SMILES string of the molecule is Cc1nc(C(NC(=O)C(=O)O)c2ccc(Cl)c(F)c2)no1. The lowest BCUT2D eigenvalue weighted by Crippen LogP contribution is -2.35. The number of hydrogen-bond acceptors (Lipinski definition) is 5. The van der Waals surface area contributed by atoms with E-state index in [0.717, 1.165) is 6.07 Å². The molecular weight excluding hydrogens is 305 g/mol. The molecule has 9 heteroatoms. The van der Waals surface area contributed by atoms with Crippen LogP contribution in [-0.4, -0.2) is 27.1 Å². The van der Waals surface area contributed by atoms with E-state index in [4.69, 9.17) is 21.2 Å². The highest BCUT2D eigenvalue weighted by atomic mass is 35.5. The molecular formula is C12H9ClFN3O4. The number of aliphatic carboxylic acids is 1. The first-order valence-corrected chi connectivity index (χ1v) is 6.05. The second kappa shape index (κ2) is 5.88. The van der Waals surface area contributed by atoms with Crippen molar-refractivity contribution in [3.63, 3.8) is 0 Å².